The summed E-state index contributed by atoms with van der Waals surface area (Å²) in [5.41, 5.74) is 7.25. The van der Waals surface area contributed by atoms with Crippen LogP contribution in [-0.4, -0.2) is 51.2 Å². The minimum atomic E-state index is -0.619. The Bertz CT molecular complexity index is 1100. The topological polar surface area (TPSA) is 120 Å². The molecule has 3 heterocycles. The third-order valence-corrected chi connectivity index (χ3v) is 5.31. The quantitative estimate of drug-likeness (QED) is 0.462. The molecule has 9 nitrogen and oxygen atoms in total. The van der Waals surface area contributed by atoms with E-state index in [1.165, 1.54) is 18.5 Å². The van der Waals surface area contributed by atoms with Crippen molar-refractivity contribution in [1.29, 1.82) is 0 Å². The molecule has 2 atom stereocenters. The summed E-state index contributed by atoms with van der Waals surface area (Å²) >= 11 is 5.92. The number of ether oxygens (including phenoxy) is 1. The molecular formula is C21H25ClFN7O2S. The standard InChI is InChI=1S/C21H23ClFN7O2.H2S/c1-12-8-25-21(27-16-2-3-32-10-16)29-19(12)30-9-18(26-11-30)20(31)28-17(7-24)13-4-14(22)6-15(23)5-13;/h4-6,8-9,11,16-17H,2-3,7,10,24H2,1H3,(H,28,31)(H,25,27,29);1H2/t16-,17?;/m0./s1. The second-order valence-electron chi connectivity index (χ2n) is 7.54. The lowest BCUT2D eigenvalue weighted by Crippen LogP contribution is -2.33. The molecule has 0 radical (unpaired) electrons. The van der Waals surface area contributed by atoms with Crippen molar-refractivity contribution in [2.75, 3.05) is 25.1 Å². The normalized spacial score (nSPS) is 16.2. The van der Waals surface area contributed by atoms with E-state index in [0.29, 0.717) is 30.5 Å². The van der Waals surface area contributed by atoms with E-state index in [-0.39, 0.29) is 36.8 Å². The van der Waals surface area contributed by atoms with Gasteiger partial charge in [-0.3, -0.25) is 9.36 Å². The molecule has 0 aliphatic carbocycles. The van der Waals surface area contributed by atoms with Crippen molar-refractivity contribution in [2.45, 2.75) is 25.4 Å². The summed E-state index contributed by atoms with van der Waals surface area (Å²) in [6, 6.07) is 3.59. The van der Waals surface area contributed by atoms with Gasteiger partial charge in [0, 0.05) is 36.1 Å². The molecule has 1 aliphatic heterocycles. The zero-order valence-corrected chi connectivity index (χ0v) is 19.6. The molecule has 2 aromatic heterocycles. The lowest BCUT2D eigenvalue weighted by Gasteiger charge is -2.17. The van der Waals surface area contributed by atoms with E-state index < -0.39 is 17.8 Å². The number of nitrogens with zero attached hydrogens (tertiary/aromatic N) is 4. The third kappa shape index (κ3) is 5.99. The highest BCUT2D eigenvalue weighted by Gasteiger charge is 2.20. The number of hydrogen-bond donors (Lipinski definition) is 3. The molecule has 33 heavy (non-hydrogen) atoms. The molecule has 0 spiro atoms. The average Bonchev–Trinajstić information content (AvgIpc) is 3.45. The summed E-state index contributed by atoms with van der Waals surface area (Å²) in [4.78, 5) is 25.8. The molecule has 4 rings (SSSR count). The highest BCUT2D eigenvalue weighted by Crippen LogP contribution is 2.20. The molecule has 0 bridgehead atoms. The smallest absolute Gasteiger partial charge is 0.272 e. The number of halogens is 2. The summed E-state index contributed by atoms with van der Waals surface area (Å²) in [5.74, 6) is 0.122. The minimum Gasteiger partial charge on any atom is -0.379 e. The molecule has 3 aromatic rings. The lowest BCUT2D eigenvalue weighted by atomic mass is 10.1. The van der Waals surface area contributed by atoms with Gasteiger partial charge in [-0.15, -0.1) is 0 Å². The molecule has 1 aliphatic rings. The molecule has 0 saturated carbocycles. The van der Waals surface area contributed by atoms with Crippen LogP contribution in [0.5, 0.6) is 0 Å². The van der Waals surface area contributed by atoms with E-state index in [0.717, 1.165) is 12.0 Å². The van der Waals surface area contributed by atoms with Gasteiger partial charge in [-0.05, 0) is 37.1 Å². The Balaban J connectivity index is 0.00000306. The lowest BCUT2D eigenvalue weighted by molar-refractivity contribution is 0.0933. The molecule has 4 N–H and O–H groups in total. The van der Waals surface area contributed by atoms with Gasteiger partial charge in [0.2, 0.25) is 5.95 Å². The van der Waals surface area contributed by atoms with Gasteiger partial charge in [0.05, 0.1) is 18.7 Å². The van der Waals surface area contributed by atoms with E-state index >= 15 is 0 Å². The number of amides is 1. The van der Waals surface area contributed by atoms with Gasteiger partial charge < -0.3 is 21.1 Å². The maximum absolute atomic E-state index is 13.7. The number of hydrogen-bond acceptors (Lipinski definition) is 7. The van der Waals surface area contributed by atoms with Crippen LogP contribution in [0.25, 0.3) is 5.82 Å². The Hall–Kier alpha value is -2.73. The van der Waals surface area contributed by atoms with Crippen molar-refractivity contribution in [2.24, 2.45) is 5.73 Å². The third-order valence-electron chi connectivity index (χ3n) is 5.10. The number of anilines is 1. The summed E-state index contributed by atoms with van der Waals surface area (Å²) < 4.78 is 20.7. The molecule has 1 unspecified atom stereocenters. The molecule has 1 amide bonds. The zero-order chi connectivity index (χ0) is 22.7. The van der Waals surface area contributed by atoms with Crippen LogP contribution in [-0.2, 0) is 4.74 Å². The molecule has 12 heteroatoms. The number of aromatic nitrogens is 4. The van der Waals surface area contributed by atoms with Crippen molar-refractivity contribution in [1.82, 2.24) is 24.8 Å². The zero-order valence-electron chi connectivity index (χ0n) is 17.9. The van der Waals surface area contributed by atoms with Crippen molar-refractivity contribution < 1.29 is 13.9 Å². The number of benzene rings is 1. The van der Waals surface area contributed by atoms with Crippen LogP contribution in [0.15, 0.2) is 36.9 Å². The van der Waals surface area contributed by atoms with E-state index in [2.05, 4.69) is 25.6 Å². The highest BCUT2D eigenvalue weighted by atomic mass is 35.5. The van der Waals surface area contributed by atoms with Crippen LogP contribution in [0, 0.1) is 12.7 Å². The van der Waals surface area contributed by atoms with Gasteiger partial charge in [-0.25, -0.2) is 14.4 Å². The Labute approximate surface area is 202 Å². The first-order chi connectivity index (χ1) is 15.4. The molecule has 1 saturated heterocycles. The molecule has 176 valence electrons. The fourth-order valence-corrected chi connectivity index (χ4v) is 3.67. The molecule has 1 aromatic carbocycles. The summed E-state index contributed by atoms with van der Waals surface area (Å²) in [6.07, 6.45) is 5.67. The first-order valence-corrected chi connectivity index (χ1v) is 10.5. The van der Waals surface area contributed by atoms with Crippen LogP contribution in [0.4, 0.5) is 10.3 Å². The maximum atomic E-state index is 13.7. The van der Waals surface area contributed by atoms with Crippen molar-refractivity contribution >= 4 is 37.0 Å². The Morgan fingerprint density at radius 2 is 2.21 bits per heavy atom. The van der Waals surface area contributed by atoms with E-state index in [1.54, 1.807) is 23.0 Å². The maximum Gasteiger partial charge on any atom is 0.272 e. The molecular weight excluding hydrogens is 469 g/mol. The number of nitrogens with two attached hydrogens (primary N) is 1. The number of nitrogens with one attached hydrogen (secondary N) is 2. The summed E-state index contributed by atoms with van der Waals surface area (Å²) in [5, 5.41) is 6.25. The SMILES string of the molecule is Cc1cnc(N[C@H]2CCOC2)nc1-n1cnc(C(=O)NC(CN)c2cc(F)cc(Cl)c2)c1.S. The molecule has 1 fully saturated rings. The average molecular weight is 494 g/mol. The number of imidazole rings is 1. The fourth-order valence-electron chi connectivity index (χ4n) is 3.44. The predicted octanol–water partition coefficient (Wildman–Crippen LogP) is 2.51. The van der Waals surface area contributed by atoms with Gasteiger partial charge in [-0.1, -0.05) is 11.6 Å². The summed E-state index contributed by atoms with van der Waals surface area (Å²) in [7, 11) is 0. The number of aryl methyl sites for hydroxylation is 1. The minimum absolute atomic E-state index is 0. The van der Waals surface area contributed by atoms with Crippen LogP contribution < -0.4 is 16.4 Å². The first-order valence-electron chi connectivity index (χ1n) is 10.1. The van der Waals surface area contributed by atoms with Crippen LogP contribution in [0.2, 0.25) is 5.02 Å². The van der Waals surface area contributed by atoms with E-state index in [4.69, 9.17) is 22.1 Å². The number of carbonyl (C=O) groups is 1. The van der Waals surface area contributed by atoms with Gasteiger partial charge in [0.15, 0.2) is 0 Å². The van der Waals surface area contributed by atoms with E-state index in [9.17, 15) is 9.18 Å². The van der Waals surface area contributed by atoms with Crippen molar-refractivity contribution in [3.8, 4) is 5.82 Å². The largest absolute Gasteiger partial charge is 0.379 e. The summed E-state index contributed by atoms with van der Waals surface area (Å²) in [6.45, 7) is 3.26. The second kappa shape index (κ2) is 10.9. The van der Waals surface area contributed by atoms with Crippen LogP contribution >= 0.6 is 25.1 Å². The van der Waals surface area contributed by atoms with Crippen molar-refractivity contribution in [3.05, 3.63) is 64.6 Å². The Morgan fingerprint density at radius 1 is 1.39 bits per heavy atom. The number of rotatable bonds is 7. The van der Waals surface area contributed by atoms with Gasteiger partial charge in [0.25, 0.3) is 5.91 Å². The van der Waals surface area contributed by atoms with Gasteiger partial charge in [-0.2, -0.15) is 18.5 Å². The number of carbonyl (C=O) groups excluding carboxylic acids is 1. The van der Waals surface area contributed by atoms with Crippen LogP contribution in [0.3, 0.4) is 0 Å². The van der Waals surface area contributed by atoms with Crippen molar-refractivity contribution in [3.63, 3.8) is 0 Å². The van der Waals surface area contributed by atoms with Crippen LogP contribution in [0.1, 0.15) is 34.1 Å². The monoisotopic (exact) mass is 493 g/mol. The van der Waals surface area contributed by atoms with Gasteiger partial charge in [0.1, 0.15) is 23.7 Å². The van der Waals surface area contributed by atoms with E-state index in [1.807, 2.05) is 6.92 Å². The fraction of sp³-hybridized carbons (Fsp3) is 0.333. The second-order valence-corrected chi connectivity index (χ2v) is 7.97. The Morgan fingerprint density at radius 3 is 2.91 bits per heavy atom. The van der Waals surface area contributed by atoms with Gasteiger partial charge >= 0.3 is 0 Å². The first kappa shape index (κ1) is 24.9. The Kier molecular flexibility index (Phi) is 8.25. The highest BCUT2D eigenvalue weighted by molar-refractivity contribution is 7.59. The predicted molar refractivity (Wildman–Crippen MR) is 128 cm³/mol.